The van der Waals surface area contributed by atoms with Crippen LogP contribution in [0.2, 0.25) is 5.02 Å². The maximum Gasteiger partial charge on any atom is 0.131 e. The summed E-state index contributed by atoms with van der Waals surface area (Å²) in [5.41, 5.74) is 7.73. The molecule has 0 radical (unpaired) electrons. The highest BCUT2D eigenvalue weighted by atomic mass is 79.9. The Morgan fingerprint density at radius 3 is 2.83 bits per heavy atom. The molecule has 0 aliphatic heterocycles. The molecular weight excluding hydrogens is 314 g/mol. The number of rotatable bonds is 3. The minimum Gasteiger partial charge on any atom is -0.383 e. The van der Waals surface area contributed by atoms with E-state index in [4.69, 9.17) is 17.3 Å². The zero-order valence-electron chi connectivity index (χ0n) is 10.4. The zero-order valence-corrected chi connectivity index (χ0v) is 12.7. The second-order valence-electron chi connectivity index (χ2n) is 4.20. The van der Waals surface area contributed by atoms with Crippen LogP contribution >= 0.6 is 27.5 Å². The Kier molecular flexibility index (Phi) is 3.97. The molecule has 0 bridgehead atoms. The van der Waals surface area contributed by atoms with Crippen LogP contribution in [0.5, 0.6) is 0 Å². The van der Waals surface area contributed by atoms with Crippen molar-refractivity contribution in [2.45, 2.75) is 19.8 Å². The molecule has 0 saturated heterocycles. The largest absolute Gasteiger partial charge is 0.383 e. The molecule has 3 nitrogen and oxygen atoms in total. The Labute approximate surface area is 120 Å². The fourth-order valence-electron chi connectivity index (χ4n) is 1.88. The van der Waals surface area contributed by atoms with Gasteiger partial charge in [0.05, 0.1) is 5.02 Å². The summed E-state index contributed by atoms with van der Waals surface area (Å²) in [6.45, 7) is 2.12. The van der Waals surface area contributed by atoms with Crippen molar-refractivity contribution in [3.05, 3.63) is 33.5 Å². The Balaban J connectivity index is 2.57. The van der Waals surface area contributed by atoms with Gasteiger partial charge in [0.15, 0.2) is 0 Å². The molecule has 0 aliphatic carbocycles. The summed E-state index contributed by atoms with van der Waals surface area (Å²) in [6.07, 6.45) is 1.95. The normalized spacial score (nSPS) is 10.9. The smallest absolute Gasteiger partial charge is 0.131 e. The maximum absolute atomic E-state index is 6.22. The molecule has 2 N–H and O–H groups in total. The molecule has 0 aliphatic rings. The van der Waals surface area contributed by atoms with Gasteiger partial charge in [-0.2, -0.15) is 0 Å². The lowest BCUT2D eigenvalue weighted by molar-refractivity contribution is 0.764. The van der Waals surface area contributed by atoms with E-state index in [1.54, 1.807) is 0 Å². The summed E-state index contributed by atoms with van der Waals surface area (Å²) < 4.78 is 2.89. The number of halogens is 2. The SMILES string of the molecule is CCCc1nc(-c2cc(Br)ccc2Cl)c(N)n1C. The van der Waals surface area contributed by atoms with Gasteiger partial charge in [0.2, 0.25) is 0 Å². The van der Waals surface area contributed by atoms with Crippen LogP contribution in [0.4, 0.5) is 5.82 Å². The van der Waals surface area contributed by atoms with Crippen LogP contribution < -0.4 is 5.73 Å². The highest BCUT2D eigenvalue weighted by Gasteiger charge is 2.15. The number of benzene rings is 1. The summed E-state index contributed by atoms with van der Waals surface area (Å²) in [4.78, 5) is 4.60. The topological polar surface area (TPSA) is 43.8 Å². The van der Waals surface area contributed by atoms with Crippen LogP contribution in [-0.2, 0) is 13.5 Å². The van der Waals surface area contributed by atoms with E-state index in [-0.39, 0.29) is 0 Å². The lowest BCUT2D eigenvalue weighted by Crippen LogP contribution is -2.01. The molecule has 2 rings (SSSR count). The summed E-state index contributed by atoms with van der Waals surface area (Å²) >= 11 is 9.66. The van der Waals surface area contributed by atoms with E-state index in [2.05, 4.69) is 27.8 Å². The van der Waals surface area contributed by atoms with E-state index in [0.29, 0.717) is 10.8 Å². The average molecular weight is 329 g/mol. The predicted molar refractivity (Wildman–Crippen MR) is 79.8 cm³/mol. The number of nitrogens with zero attached hydrogens (tertiary/aromatic N) is 2. The van der Waals surface area contributed by atoms with Crippen molar-refractivity contribution < 1.29 is 0 Å². The van der Waals surface area contributed by atoms with Gasteiger partial charge in [-0.15, -0.1) is 0 Å². The number of nitrogen functional groups attached to an aromatic ring is 1. The number of nitrogens with two attached hydrogens (primary N) is 1. The molecule has 0 fully saturated rings. The number of aryl methyl sites for hydroxylation is 1. The molecule has 0 unspecified atom stereocenters. The zero-order chi connectivity index (χ0) is 13.3. The summed E-state index contributed by atoms with van der Waals surface area (Å²) in [6, 6.07) is 5.68. The second kappa shape index (κ2) is 5.33. The third kappa shape index (κ3) is 2.40. The highest BCUT2D eigenvalue weighted by Crippen LogP contribution is 2.33. The summed E-state index contributed by atoms with van der Waals surface area (Å²) in [5.74, 6) is 1.64. The lowest BCUT2D eigenvalue weighted by atomic mass is 10.1. The first kappa shape index (κ1) is 13.4. The second-order valence-corrected chi connectivity index (χ2v) is 5.52. The fraction of sp³-hybridized carbons (Fsp3) is 0.308. The number of imidazole rings is 1. The number of hydrogen-bond acceptors (Lipinski definition) is 2. The molecule has 1 heterocycles. The third-order valence-electron chi connectivity index (χ3n) is 2.89. The van der Waals surface area contributed by atoms with Crippen molar-refractivity contribution in [2.24, 2.45) is 7.05 Å². The van der Waals surface area contributed by atoms with E-state index >= 15 is 0 Å². The van der Waals surface area contributed by atoms with E-state index < -0.39 is 0 Å². The molecule has 1 aromatic heterocycles. The van der Waals surface area contributed by atoms with Crippen molar-refractivity contribution in [3.63, 3.8) is 0 Å². The molecule has 0 saturated carbocycles. The molecule has 18 heavy (non-hydrogen) atoms. The van der Waals surface area contributed by atoms with E-state index in [0.717, 1.165) is 34.4 Å². The van der Waals surface area contributed by atoms with Crippen LogP contribution in [0.15, 0.2) is 22.7 Å². The first-order valence-corrected chi connectivity index (χ1v) is 6.98. The van der Waals surface area contributed by atoms with Crippen molar-refractivity contribution in [1.29, 1.82) is 0 Å². The monoisotopic (exact) mass is 327 g/mol. The quantitative estimate of drug-likeness (QED) is 0.924. The Morgan fingerprint density at radius 2 is 2.17 bits per heavy atom. The predicted octanol–water partition coefficient (Wildman–Crippen LogP) is 4.04. The van der Waals surface area contributed by atoms with E-state index in [1.165, 1.54) is 0 Å². The number of anilines is 1. The summed E-state index contributed by atoms with van der Waals surface area (Å²) in [7, 11) is 1.93. The van der Waals surface area contributed by atoms with E-state index in [1.807, 2.05) is 29.8 Å². The molecule has 0 amide bonds. The van der Waals surface area contributed by atoms with Gasteiger partial charge < -0.3 is 10.3 Å². The fourth-order valence-corrected chi connectivity index (χ4v) is 2.45. The van der Waals surface area contributed by atoms with Crippen molar-refractivity contribution in [3.8, 4) is 11.3 Å². The van der Waals surface area contributed by atoms with Gasteiger partial charge in [-0.1, -0.05) is 34.5 Å². The molecule has 1 aromatic carbocycles. The Morgan fingerprint density at radius 1 is 1.44 bits per heavy atom. The lowest BCUT2D eigenvalue weighted by Gasteiger charge is -2.03. The van der Waals surface area contributed by atoms with Crippen LogP contribution in [0.25, 0.3) is 11.3 Å². The van der Waals surface area contributed by atoms with Crippen molar-refractivity contribution in [2.75, 3.05) is 5.73 Å². The maximum atomic E-state index is 6.22. The first-order chi connectivity index (χ1) is 8.54. The molecular formula is C13H15BrClN3. The van der Waals surface area contributed by atoms with Crippen LogP contribution in [0, 0.1) is 0 Å². The number of aromatic nitrogens is 2. The minimum atomic E-state index is 0.651. The Hall–Kier alpha value is -1.00. The molecule has 2 aromatic rings. The van der Waals surface area contributed by atoms with Gasteiger partial charge in [-0.25, -0.2) is 4.98 Å². The van der Waals surface area contributed by atoms with Gasteiger partial charge in [0.25, 0.3) is 0 Å². The molecule has 0 spiro atoms. The highest BCUT2D eigenvalue weighted by molar-refractivity contribution is 9.10. The van der Waals surface area contributed by atoms with Gasteiger partial charge >= 0.3 is 0 Å². The van der Waals surface area contributed by atoms with Crippen LogP contribution in [0.3, 0.4) is 0 Å². The number of hydrogen-bond donors (Lipinski definition) is 1. The van der Waals surface area contributed by atoms with E-state index in [9.17, 15) is 0 Å². The van der Waals surface area contributed by atoms with Gasteiger partial charge in [0, 0.05) is 23.5 Å². The first-order valence-electron chi connectivity index (χ1n) is 5.81. The Bertz CT molecular complexity index is 578. The standard InChI is InChI=1S/C13H15BrClN3/c1-3-4-11-17-12(13(16)18(11)2)9-7-8(14)5-6-10(9)15/h5-7H,3-4,16H2,1-2H3. The molecule has 96 valence electrons. The molecule has 5 heteroatoms. The van der Waals surface area contributed by atoms with Gasteiger partial charge in [-0.05, 0) is 24.6 Å². The van der Waals surface area contributed by atoms with Crippen LogP contribution in [0.1, 0.15) is 19.2 Å². The van der Waals surface area contributed by atoms with Crippen molar-refractivity contribution in [1.82, 2.24) is 9.55 Å². The van der Waals surface area contributed by atoms with Crippen LogP contribution in [-0.4, -0.2) is 9.55 Å². The summed E-state index contributed by atoms with van der Waals surface area (Å²) in [5, 5.41) is 0.658. The van der Waals surface area contributed by atoms with Gasteiger partial charge in [0.1, 0.15) is 17.3 Å². The van der Waals surface area contributed by atoms with Crippen molar-refractivity contribution >= 4 is 33.3 Å². The van der Waals surface area contributed by atoms with Gasteiger partial charge in [-0.3, -0.25) is 0 Å². The average Bonchev–Trinajstić information content (AvgIpc) is 2.61. The minimum absolute atomic E-state index is 0.651. The third-order valence-corrected chi connectivity index (χ3v) is 3.71. The molecule has 0 atom stereocenters.